The second-order valence-electron chi connectivity index (χ2n) is 8.01. The van der Waals surface area contributed by atoms with Gasteiger partial charge in [-0.05, 0) is 77.9 Å². The van der Waals surface area contributed by atoms with Gasteiger partial charge in [0.05, 0.1) is 0 Å². The molecule has 0 aliphatic carbocycles. The van der Waals surface area contributed by atoms with E-state index in [1.165, 1.54) is 31.3 Å². The number of thiophene rings is 1. The van der Waals surface area contributed by atoms with Crippen LogP contribution in [0.1, 0.15) is 0 Å². The van der Waals surface area contributed by atoms with Crippen molar-refractivity contribution < 1.29 is 0 Å². The van der Waals surface area contributed by atoms with Crippen molar-refractivity contribution >= 4 is 64.5 Å². The van der Waals surface area contributed by atoms with Gasteiger partial charge in [0.15, 0.2) is 0 Å². The molecule has 0 N–H and O–H groups in total. The third-order valence-corrected chi connectivity index (χ3v) is 7.60. The van der Waals surface area contributed by atoms with Crippen LogP contribution >= 0.6 is 27.3 Å². The van der Waals surface area contributed by atoms with Crippen molar-refractivity contribution in [3.63, 3.8) is 0 Å². The van der Waals surface area contributed by atoms with Gasteiger partial charge in [-0.3, -0.25) is 0 Å². The van der Waals surface area contributed by atoms with Crippen molar-refractivity contribution in [3.8, 4) is 11.1 Å². The Hall–Kier alpha value is -3.40. The van der Waals surface area contributed by atoms with Crippen LogP contribution in [-0.2, 0) is 0 Å². The maximum absolute atomic E-state index is 3.54. The first-order chi connectivity index (χ1) is 16.3. The third-order valence-electron chi connectivity index (χ3n) is 5.92. The average molecular weight is 506 g/mol. The topological polar surface area (TPSA) is 3.24 Å². The lowest BCUT2D eigenvalue weighted by atomic mass is 10.0. The van der Waals surface area contributed by atoms with Gasteiger partial charge in [-0.15, -0.1) is 11.3 Å². The van der Waals surface area contributed by atoms with Gasteiger partial charge in [-0.25, -0.2) is 0 Å². The minimum absolute atomic E-state index is 1.10. The highest BCUT2D eigenvalue weighted by atomic mass is 79.9. The zero-order valence-corrected chi connectivity index (χ0v) is 20.2. The van der Waals surface area contributed by atoms with E-state index in [-0.39, 0.29) is 0 Å². The molecular weight excluding hydrogens is 486 g/mol. The molecule has 6 rings (SSSR count). The molecule has 0 atom stereocenters. The first-order valence-corrected chi connectivity index (χ1v) is 12.5. The van der Waals surface area contributed by atoms with Crippen LogP contribution in [0, 0.1) is 0 Å². The Kier molecular flexibility index (Phi) is 5.21. The monoisotopic (exact) mass is 505 g/mol. The molecule has 1 nitrogen and oxygen atoms in total. The van der Waals surface area contributed by atoms with Crippen molar-refractivity contribution in [1.82, 2.24) is 0 Å². The van der Waals surface area contributed by atoms with E-state index in [1.54, 1.807) is 0 Å². The van der Waals surface area contributed by atoms with Gasteiger partial charge in [-0.2, -0.15) is 0 Å². The van der Waals surface area contributed by atoms with E-state index in [4.69, 9.17) is 0 Å². The molecule has 0 saturated heterocycles. The summed E-state index contributed by atoms with van der Waals surface area (Å²) in [6.07, 6.45) is 0. The van der Waals surface area contributed by atoms with E-state index < -0.39 is 0 Å². The van der Waals surface area contributed by atoms with Crippen molar-refractivity contribution in [2.45, 2.75) is 0 Å². The molecule has 0 spiro atoms. The van der Waals surface area contributed by atoms with Gasteiger partial charge in [0.1, 0.15) is 0 Å². The number of anilines is 3. The number of benzene rings is 5. The zero-order chi connectivity index (χ0) is 22.2. The first kappa shape index (κ1) is 20.2. The van der Waals surface area contributed by atoms with Crippen LogP contribution in [0.2, 0.25) is 0 Å². The lowest BCUT2D eigenvalue weighted by Gasteiger charge is -2.25. The molecule has 5 aromatic carbocycles. The number of nitrogens with zero attached hydrogens (tertiary/aromatic N) is 1. The number of halogens is 1. The summed E-state index contributed by atoms with van der Waals surface area (Å²) in [4.78, 5) is 2.32. The summed E-state index contributed by atoms with van der Waals surface area (Å²) >= 11 is 5.40. The van der Waals surface area contributed by atoms with Crippen LogP contribution in [-0.4, -0.2) is 0 Å². The van der Waals surface area contributed by atoms with E-state index in [0.717, 1.165) is 21.5 Å². The third kappa shape index (κ3) is 3.84. The van der Waals surface area contributed by atoms with Gasteiger partial charge >= 0.3 is 0 Å². The van der Waals surface area contributed by atoms with Crippen LogP contribution in [0.4, 0.5) is 17.1 Å². The predicted molar refractivity (Wildman–Crippen MR) is 147 cm³/mol. The summed E-state index contributed by atoms with van der Waals surface area (Å²) in [6.45, 7) is 0. The van der Waals surface area contributed by atoms with E-state index >= 15 is 0 Å². The SMILES string of the molecule is Brc1ccc(-c2ccc3sc4ccc(N(c5ccccc5)c5ccccc5)cc4c3c2)cc1. The molecule has 0 saturated carbocycles. The normalized spacial score (nSPS) is 11.2. The maximum Gasteiger partial charge on any atom is 0.0468 e. The smallest absolute Gasteiger partial charge is 0.0468 e. The quantitative estimate of drug-likeness (QED) is 0.230. The van der Waals surface area contributed by atoms with Gasteiger partial charge in [-0.1, -0.05) is 70.5 Å². The summed E-state index contributed by atoms with van der Waals surface area (Å²) in [6, 6.07) is 43.3. The molecule has 1 aromatic heterocycles. The molecule has 0 amide bonds. The summed E-state index contributed by atoms with van der Waals surface area (Å²) in [5.74, 6) is 0. The van der Waals surface area contributed by atoms with E-state index in [2.05, 4.69) is 142 Å². The Morgan fingerprint density at radius 2 is 1.03 bits per heavy atom. The van der Waals surface area contributed by atoms with Crippen LogP contribution < -0.4 is 4.90 Å². The standard InChI is InChI=1S/C30H20BrNS/c31-23-14-11-21(12-15-23)22-13-17-29-27(19-22)28-20-26(16-18-30(28)33-29)32(24-7-3-1-4-8-24)25-9-5-2-6-10-25/h1-20H. The molecule has 33 heavy (non-hydrogen) atoms. The summed E-state index contributed by atoms with van der Waals surface area (Å²) in [7, 11) is 0. The molecule has 0 radical (unpaired) electrons. The van der Waals surface area contributed by atoms with Gasteiger partial charge in [0, 0.05) is 41.7 Å². The lowest BCUT2D eigenvalue weighted by Crippen LogP contribution is -2.09. The predicted octanol–water partition coefficient (Wildman–Crippen LogP) is 9.95. The molecule has 0 unspecified atom stereocenters. The van der Waals surface area contributed by atoms with Crippen molar-refractivity contribution in [3.05, 3.63) is 126 Å². The van der Waals surface area contributed by atoms with Crippen LogP contribution in [0.15, 0.2) is 126 Å². The number of fused-ring (bicyclic) bond motifs is 3. The van der Waals surface area contributed by atoms with E-state index in [1.807, 2.05) is 11.3 Å². The van der Waals surface area contributed by atoms with Crippen molar-refractivity contribution in [1.29, 1.82) is 0 Å². The Bertz CT molecular complexity index is 1510. The lowest BCUT2D eigenvalue weighted by molar-refractivity contribution is 1.29. The Labute approximate surface area is 205 Å². The fourth-order valence-corrected chi connectivity index (χ4v) is 5.66. The van der Waals surface area contributed by atoms with Crippen molar-refractivity contribution in [2.24, 2.45) is 0 Å². The molecule has 1 heterocycles. The molecule has 6 aromatic rings. The van der Waals surface area contributed by atoms with E-state index in [9.17, 15) is 0 Å². The highest BCUT2D eigenvalue weighted by molar-refractivity contribution is 9.10. The second-order valence-corrected chi connectivity index (χ2v) is 10.0. The van der Waals surface area contributed by atoms with Crippen molar-refractivity contribution in [2.75, 3.05) is 4.90 Å². The second kappa shape index (κ2) is 8.51. The molecule has 3 heteroatoms. The minimum Gasteiger partial charge on any atom is -0.310 e. The van der Waals surface area contributed by atoms with Gasteiger partial charge < -0.3 is 4.90 Å². The number of rotatable bonds is 4. The Morgan fingerprint density at radius 1 is 0.485 bits per heavy atom. The summed E-state index contributed by atoms with van der Waals surface area (Å²) in [5.41, 5.74) is 5.93. The van der Waals surface area contributed by atoms with E-state index in [0.29, 0.717) is 0 Å². The average Bonchev–Trinajstić information content (AvgIpc) is 3.23. The minimum atomic E-state index is 1.10. The maximum atomic E-state index is 3.54. The number of para-hydroxylation sites is 2. The highest BCUT2D eigenvalue weighted by Crippen LogP contribution is 2.41. The fraction of sp³-hybridized carbons (Fsp3) is 0. The molecular formula is C30H20BrNS. The fourth-order valence-electron chi connectivity index (χ4n) is 4.33. The molecule has 0 fully saturated rings. The Balaban J connectivity index is 1.53. The molecule has 158 valence electrons. The van der Waals surface area contributed by atoms with Crippen LogP contribution in [0.5, 0.6) is 0 Å². The molecule has 0 aliphatic rings. The van der Waals surface area contributed by atoms with Crippen LogP contribution in [0.3, 0.4) is 0 Å². The summed E-state index contributed by atoms with van der Waals surface area (Å²) in [5, 5.41) is 2.60. The van der Waals surface area contributed by atoms with Gasteiger partial charge in [0.25, 0.3) is 0 Å². The Morgan fingerprint density at radius 3 is 1.67 bits per heavy atom. The molecule has 0 bridgehead atoms. The largest absolute Gasteiger partial charge is 0.310 e. The number of hydrogen-bond donors (Lipinski definition) is 0. The summed E-state index contributed by atoms with van der Waals surface area (Å²) < 4.78 is 3.72. The molecule has 0 aliphatic heterocycles. The number of hydrogen-bond acceptors (Lipinski definition) is 2. The van der Waals surface area contributed by atoms with Crippen LogP contribution in [0.25, 0.3) is 31.3 Å². The zero-order valence-electron chi connectivity index (χ0n) is 17.8. The highest BCUT2D eigenvalue weighted by Gasteiger charge is 2.14. The first-order valence-electron chi connectivity index (χ1n) is 10.9. The van der Waals surface area contributed by atoms with Gasteiger partial charge in [0.2, 0.25) is 0 Å².